The van der Waals surface area contributed by atoms with Gasteiger partial charge in [-0.3, -0.25) is 9.48 Å². The third-order valence-electron chi connectivity index (χ3n) is 4.88. The average Bonchev–Trinajstić information content (AvgIpc) is 3.03. The number of amides is 1. The number of hydrogen-bond donors (Lipinski definition) is 1. The van der Waals surface area contributed by atoms with E-state index in [1.54, 1.807) is 7.11 Å². The summed E-state index contributed by atoms with van der Waals surface area (Å²) in [5.41, 5.74) is 4.98. The lowest BCUT2D eigenvalue weighted by Crippen LogP contribution is -2.28. The van der Waals surface area contributed by atoms with Crippen LogP contribution in [0.15, 0.2) is 54.6 Å². The minimum Gasteiger partial charge on any atom is -0.497 e. The molecular formula is C23H27N3O2. The summed E-state index contributed by atoms with van der Waals surface area (Å²) in [5, 5.41) is 7.61. The third kappa shape index (κ3) is 4.60. The minimum atomic E-state index is -0.0691. The molecule has 0 unspecified atom stereocenters. The molecule has 146 valence electrons. The molecule has 0 aliphatic carbocycles. The van der Waals surface area contributed by atoms with Crippen LogP contribution in [0.1, 0.15) is 52.3 Å². The van der Waals surface area contributed by atoms with Gasteiger partial charge >= 0.3 is 0 Å². The molecule has 1 atom stereocenters. The predicted molar refractivity (Wildman–Crippen MR) is 111 cm³/mol. The van der Waals surface area contributed by atoms with Gasteiger partial charge < -0.3 is 10.1 Å². The topological polar surface area (TPSA) is 56.2 Å². The Labute approximate surface area is 166 Å². The van der Waals surface area contributed by atoms with E-state index in [4.69, 9.17) is 4.74 Å². The number of aryl methyl sites for hydroxylation is 2. The molecule has 0 spiro atoms. The number of nitrogens with one attached hydrogen (secondary N) is 1. The minimum absolute atomic E-state index is 0.0345. The van der Waals surface area contributed by atoms with E-state index in [1.165, 1.54) is 0 Å². The Balaban J connectivity index is 1.66. The lowest BCUT2D eigenvalue weighted by molar-refractivity contribution is 0.0935. The van der Waals surface area contributed by atoms with Gasteiger partial charge in [0.1, 0.15) is 5.75 Å². The summed E-state index contributed by atoms with van der Waals surface area (Å²) in [6.07, 6.45) is 0.814. The van der Waals surface area contributed by atoms with Crippen molar-refractivity contribution in [2.45, 2.75) is 39.8 Å². The maximum absolute atomic E-state index is 12.7. The first kappa shape index (κ1) is 19.7. The normalized spacial score (nSPS) is 11.9. The first-order valence-corrected chi connectivity index (χ1v) is 9.55. The molecule has 3 rings (SSSR count). The largest absolute Gasteiger partial charge is 0.497 e. The van der Waals surface area contributed by atoms with E-state index in [1.807, 2.05) is 67.1 Å². The number of nitrogens with zero attached hydrogens (tertiary/aromatic N) is 2. The van der Waals surface area contributed by atoms with Crippen molar-refractivity contribution < 1.29 is 9.53 Å². The fourth-order valence-corrected chi connectivity index (χ4v) is 3.27. The number of aromatic nitrogens is 2. The number of carbonyl (C=O) groups excluding carboxylic acids is 1. The van der Waals surface area contributed by atoms with Gasteiger partial charge in [-0.1, -0.05) is 31.2 Å². The highest BCUT2D eigenvalue weighted by Gasteiger charge is 2.14. The molecule has 0 saturated heterocycles. The zero-order valence-electron chi connectivity index (χ0n) is 16.9. The summed E-state index contributed by atoms with van der Waals surface area (Å²) in [6.45, 7) is 6.80. The van der Waals surface area contributed by atoms with Gasteiger partial charge in [-0.2, -0.15) is 5.10 Å². The Morgan fingerprint density at radius 2 is 1.79 bits per heavy atom. The number of benzene rings is 2. The van der Waals surface area contributed by atoms with Crippen molar-refractivity contribution >= 4 is 5.91 Å². The van der Waals surface area contributed by atoms with Gasteiger partial charge in [-0.05, 0) is 61.7 Å². The molecule has 5 nitrogen and oxygen atoms in total. The number of ether oxygens (including phenoxy) is 1. The smallest absolute Gasteiger partial charge is 0.251 e. The SMILES string of the molecule is CC[C@@H](NC(=O)c1ccc(Cn2nc(C)cc2C)cc1)c1ccc(OC)cc1. The lowest BCUT2D eigenvalue weighted by Gasteiger charge is -2.18. The molecule has 0 aliphatic heterocycles. The monoisotopic (exact) mass is 377 g/mol. The summed E-state index contributed by atoms with van der Waals surface area (Å²) in [4.78, 5) is 12.7. The van der Waals surface area contributed by atoms with Gasteiger partial charge in [0.15, 0.2) is 0 Å². The molecule has 1 aromatic heterocycles. The van der Waals surface area contributed by atoms with E-state index in [0.717, 1.165) is 34.7 Å². The van der Waals surface area contributed by atoms with Crippen LogP contribution in [0, 0.1) is 13.8 Å². The number of methoxy groups -OCH3 is 1. The number of rotatable bonds is 7. The maximum Gasteiger partial charge on any atom is 0.251 e. The molecule has 0 bridgehead atoms. The molecule has 3 aromatic rings. The average molecular weight is 377 g/mol. The zero-order valence-corrected chi connectivity index (χ0v) is 16.9. The summed E-state index contributed by atoms with van der Waals surface area (Å²) in [7, 11) is 1.65. The first-order valence-electron chi connectivity index (χ1n) is 9.55. The molecule has 0 fully saturated rings. The lowest BCUT2D eigenvalue weighted by atomic mass is 10.0. The number of hydrogen-bond acceptors (Lipinski definition) is 3. The van der Waals surface area contributed by atoms with Gasteiger partial charge in [-0.25, -0.2) is 0 Å². The van der Waals surface area contributed by atoms with Crippen LogP contribution in [-0.4, -0.2) is 22.8 Å². The molecule has 0 saturated carbocycles. The van der Waals surface area contributed by atoms with Crippen LogP contribution in [0.3, 0.4) is 0 Å². The standard InChI is InChI=1S/C23H27N3O2/c1-5-22(19-10-12-21(28-4)13-11-19)24-23(27)20-8-6-18(7-9-20)15-26-17(3)14-16(2)25-26/h6-14,22H,5,15H2,1-4H3,(H,24,27)/t22-/m1/s1. The van der Waals surface area contributed by atoms with Crippen LogP contribution in [0.25, 0.3) is 0 Å². The highest BCUT2D eigenvalue weighted by molar-refractivity contribution is 5.94. The Morgan fingerprint density at radius 1 is 1.11 bits per heavy atom. The molecular weight excluding hydrogens is 350 g/mol. The van der Waals surface area contributed by atoms with Crippen LogP contribution < -0.4 is 10.1 Å². The summed E-state index contributed by atoms with van der Waals surface area (Å²) in [5.74, 6) is 0.739. The van der Waals surface area contributed by atoms with Crippen molar-refractivity contribution in [1.82, 2.24) is 15.1 Å². The molecule has 1 amide bonds. The summed E-state index contributed by atoms with van der Waals surface area (Å²) < 4.78 is 7.18. The molecule has 2 aromatic carbocycles. The van der Waals surface area contributed by atoms with Gasteiger partial charge in [0, 0.05) is 11.3 Å². The van der Waals surface area contributed by atoms with E-state index in [0.29, 0.717) is 12.1 Å². The Bertz CT molecular complexity index is 927. The second kappa shape index (κ2) is 8.74. The summed E-state index contributed by atoms with van der Waals surface area (Å²) in [6, 6.07) is 17.6. The van der Waals surface area contributed by atoms with E-state index in [2.05, 4.69) is 23.4 Å². The van der Waals surface area contributed by atoms with Crippen LogP contribution in [0.2, 0.25) is 0 Å². The van der Waals surface area contributed by atoms with Crippen molar-refractivity contribution in [2.75, 3.05) is 7.11 Å². The van der Waals surface area contributed by atoms with Gasteiger partial charge in [0.2, 0.25) is 0 Å². The highest BCUT2D eigenvalue weighted by atomic mass is 16.5. The van der Waals surface area contributed by atoms with Crippen LogP contribution >= 0.6 is 0 Å². The van der Waals surface area contributed by atoms with Gasteiger partial charge in [-0.15, -0.1) is 0 Å². The van der Waals surface area contributed by atoms with E-state index in [-0.39, 0.29) is 11.9 Å². The van der Waals surface area contributed by atoms with Crippen LogP contribution in [-0.2, 0) is 6.54 Å². The van der Waals surface area contributed by atoms with Crippen molar-refractivity contribution in [3.8, 4) is 5.75 Å². The Kier molecular flexibility index (Phi) is 6.14. The fraction of sp³-hybridized carbons (Fsp3) is 0.304. The van der Waals surface area contributed by atoms with Crippen molar-refractivity contribution in [1.29, 1.82) is 0 Å². The Morgan fingerprint density at radius 3 is 2.32 bits per heavy atom. The second-order valence-corrected chi connectivity index (χ2v) is 6.99. The van der Waals surface area contributed by atoms with Crippen molar-refractivity contribution in [2.24, 2.45) is 0 Å². The second-order valence-electron chi connectivity index (χ2n) is 6.99. The third-order valence-corrected chi connectivity index (χ3v) is 4.88. The highest BCUT2D eigenvalue weighted by Crippen LogP contribution is 2.21. The summed E-state index contributed by atoms with van der Waals surface area (Å²) >= 11 is 0. The molecule has 5 heteroatoms. The molecule has 1 heterocycles. The Hall–Kier alpha value is -3.08. The first-order chi connectivity index (χ1) is 13.5. The molecule has 1 N–H and O–H groups in total. The predicted octanol–water partition coefficient (Wildman–Crippen LogP) is 4.44. The van der Waals surface area contributed by atoms with E-state index >= 15 is 0 Å². The van der Waals surface area contributed by atoms with Crippen LogP contribution in [0.5, 0.6) is 5.75 Å². The molecule has 28 heavy (non-hydrogen) atoms. The van der Waals surface area contributed by atoms with Crippen molar-refractivity contribution in [3.63, 3.8) is 0 Å². The zero-order chi connectivity index (χ0) is 20.1. The van der Waals surface area contributed by atoms with Gasteiger partial charge in [0.25, 0.3) is 5.91 Å². The molecule has 0 radical (unpaired) electrons. The maximum atomic E-state index is 12.7. The molecule has 0 aliphatic rings. The van der Waals surface area contributed by atoms with E-state index in [9.17, 15) is 4.79 Å². The van der Waals surface area contributed by atoms with Gasteiger partial charge in [0.05, 0.1) is 25.4 Å². The van der Waals surface area contributed by atoms with Crippen molar-refractivity contribution in [3.05, 3.63) is 82.7 Å². The quantitative estimate of drug-likeness (QED) is 0.662. The van der Waals surface area contributed by atoms with Crippen LogP contribution in [0.4, 0.5) is 0 Å². The number of carbonyl (C=O) groups is 1. The van der Waals surface area contributed by atoms with E-state index < -0.39 is 0 Å². The fourth-order valence-electron chi connectivity index (χ4n) is 3.27.